The van der Waals surface area contributed by atoms with Crippen LogP contribution in [0.5, 0.6) is 5.75 Å². The summed E-state index contributed by atoms with van der Waals surface area (Å²) in [7, 11) is 0. The van der Waals surface area contributed by atoms with E-state index in [4.69, 9.17) is 25.8 Å². The highest BCUT2D eigenvalue weighted by Gasteiger charge is 2.41. The lowest BCUT2D eigenvalue weighted by atomic mass is 9.96. The molecule has 168 valence electrons. The molecule has 2 aromatic rings. The first-order valence-corrected chi connectivity index (χ1v) is 11.0. The first kappa shape index (κ1) is 22.1. The number of benzene rings is 1. The molecule has 1 atom stereocenters. The zero-order chi connectivity index (χ0) is 21.7. The van der Waals surface area contributed by atoms with Gasteiger partial charge in [-0.2, -0.15) is 5.10 Å². The van der Waals surface area contributed by atoms with Gasteiger partial charge in [0.05, 0.1) is 32.4 Å². The molecule has 2 saturated heterocycles. The van der Waals surface area contributed by atoms with Crippen molar-refractivity contribution < 1.29 is 19.0 Å². The number of aromatic amines is 1. The molecular formula is C22H29ClN4O4. The lowest BCUT2D eigenvalue weighted by Crippen LogP contribution is -2.57. The molecule has 31 heavy (non-hydrogen) atoms. The van der Waals surface area contributed by atoms with Gasteiger partial charge >= 0.3 is 0 Å². The molecule has 1 N–H and O–H groups in total. The highest BCUT2D eigenvalue weighted by Crippen LogP contribution is 2.27. The standard InChI is InChI=1S/C22H29ClN4O4/c1-17-18(13-24-25-17)14-26-6-11-31-22(15-26,12-21(28)27-7-9-29-10-8-27)16-30-20-4-2-19(23)3-5-20/h2-5,13H,6-12,14-16H2,1H3,(H,24,25)/t22-/m0/s1. The van der Waals surface area contributed by atoms with Crippen molar-refractivity contribution in [2.45, 2.75) is 25.5 Å². The van der Waals surface area contributed by atoms with E-state index in [2.05, 4.69) is 15.1 Å². The Labute approximate surface area is 187 Å². The van der Waals surface area contributed by atoms with Crippen LogP contribution in [0.25, 0.3) is 0 Å². The van der Waals surface area contributed by atoms with Gasteiger partial charge in [0.25, 0.3) is 0 Å². The van der Waals surface area contributed by atoms with Crippen LogP contribution in [0.1, 0.15) is 17.7 Å². The molecule has 8 nitrogen and oxygen atoms in total. The molecule has 9 heteroatoms. The van der Waals surface area contributed by atoms with E-state index in [0.29, 0.717) is 50.2 Å². The Hall–Kier alpha value is -2.13. The van der Waals surface area contributed by atoms with Crippen molar-refractivity contribution in [3.05, 3.63) is 46.7 Å². The first-order valence-electron chi connectivity index (χ1n) is 10.6. The number of aryl methyl sites for hydroxylation is 1. The molecular weight excluding hydrogens is 420 g/mol. The number of aromatic nitrogens is 2. The van der Waals surface area contributed by atoms with Crippen LogP contribution in [-0.4, -0.2) is 84.1 Å². The molecule has 3 heterocycles. The van der Waals surface area contributed by atoms with E-state index in [-0.39, 0.29) is 18.9 Å². The summed E-state index contributed by atoms with van der Waals surface area (Å²) in [4.78, 5) is 17.3. The smallest absolute Gasteiger partial charge is 0.225 e. The van der Waals surface area contributed by atoms with Gasteiger partial charge < -0.3 is 19.1 Å². The Morgan fingerprint density at radius 1 is 1.23 bits per heavy atom. The number of halogens is 1. The van der Waals surface area contributed by atoms with Crippen LogP contribution in [0.2, 0.25) is 5.02 Å². The molecule has 2 aliphatic heterocycles. The largest absolute Gasteiger partial charge is 0.491 e. The average Bonchev–Trinajstić information content (AvgIpc) is 3.18. The third-order valence-electron chi connectivity index (χ3n) is 5.81. The fraction of sp³-hybridized carbons (Fsp3) is 0.545. The van der Waals surface area contributed by atoms with Crippen LogP contribution in [-0.2, 0) is 20.8 Å². The van der Waals surface area contributed by atoms with Crippen molar-refractivity contribution in [3.8, 4) is 5.75 Å². The lowest BCUT2D eigenvalue weighted by Gasteiger charge is -2.43. The van der Waals surface area contributed by atoms with Gasteiger partial charge in [0.2, 0.25) is 5.91 Å². The van der Waals surface area contributed by atoms with E-state index in [1.807, 2.05) is 30.2 Å². The van der Waals surface area contributed by atoms with E-state index >= 15 is 0 Å². The van der Waals surface area contributed by atoms with E-state index in [0.717, 1.165) is 24.3 Å². The molecule has 0 aliphatic carbocycles. The Kier molecular flexibility index (Phi) is 7.12. The predicted molar refractivity (Wildman–Crippen MR) is 116 cm³/mol. The molecule has 2 fully saturated rings. The Morgan fingerprint density at radius 2 is 2.00 bits per heavy atom. The summed E-state index contributed by atoms with van der Waals surface area (Å²) in [6.45, 7) is 7.36. The quantitative estimate of drug-likeness (QED) is 0.700. The maximum atomic E-state index is 13.1. The van der Waals surface area contributed by atoms with Crippen LogP contribution >= 0.6 is 11.6 Å². The normalized spacial score (nSPS) is 22.5. The molecule has 0 bridgehead atoms. The summed E-state index contributed by atoms with van der Waals surface area (Å²) in [5.41, 5.74) is 1.47. The number of rotatable bonds is 7. The second-order valence-electron chi connectivity index (χ2n) is 8.17. The summed E-state index contributed by atoms with van der Waals surface area (Å²) in [5, 5.41) is 7.77. The average molecular weight is 449 g/mol. The number of carbonyl (C=O) groups excluding carboxylic acids is 1. The summed E-state index contributed by atoms with van der Waals surface area (Å²) < 4.78 is 17.7. The van der Waals surface area contributed by atoms with Gasteiger partial charge in [-0.3, -0.25) is 14.8 Å². The van der Waals surface area contributed by atoms with Gasteiger partial charge in [0.1, 0.15) is 18.0 Å². The highest BCUT2D eigenvalue weighted by atomic mass is 35.5. The van der Waals surface area contributed by atoms with Gasteiger partial charge in [-0.05, 0) is 31.2 Å². The van der Waals surface area contributed by atoms with Crippen LogP contribution in [0.4, 0.5) is 0 Å². The van der Waals surface area contributed by atoms with Crippen LogP contribution in [0.3, 0.4) is 0 Å². The third kappa shape index (κ3) is 5.77. The zero-order valence-corrected chi connectivity index (χ0v) is 18.6. The monoisotopic (exact) mass is 448 g/mol. The summed E-state index contributed by atoms with van der Waals surface area (Å²) in [6.07, 6.45) is 2.12. The predicted octanol–water partition coefficient (Wildman–Crippen LogP) is 2.27. The van der Waals surface area contributed by atoms with Crippen LogP contribution < -0.4 is 4.74 Å². The second kappa shape index (κ2) is 9.99. The fourth-order valence-electron chi connectivity index (χ4n) is 4.03. The van der Waals surface area contributed by atoms with E-state index in [1.54, 1.807) is 12.1 Å². The molecule has 4 rings (SSSR count). The van der Waals surface area contributed by atoms with Crippen LogP contribution in [0, 0.1) is 6.92 Å². The van der Waals surface area contributed by atoms with Crippen molar-refractivity contribution in [1.29, 1.82) is 0 Å². The van der Waals surface area contributed by atoms with Crippen LogP contribution in [0.15, 0.2) is 30.5 Å². The van der Waals surface area contributed by atoms with Crippen molar-refractivity contribution in [1.82, 2.24) is 20.0 Å². The van der Waals surface area contributed by atoms with Crippen molar-refractivity contribution in [3.63, 3.8) is 0 Å². The van der Waals surface area contributed by atoms with Gasteiger partial charge in [0.15, 0.2) is 0 Å². The number of nitrogens with zero attached hydrogens (tertiary/aromatic N) is 3. The minimum Gasteiger partial charge on any atom is -0.491 e. The summed E-state index contributed by atoms with van der Waals surface area (Å²) in [5.74, 6) is 0.776. The lowest BCUT2D eigenvalue weighted by molar-refractivity contribution is -0.159. The molecule has 0 radical (unpaired) electrons. The van der Waals surface area contributed by atoms with Crippen molar-refractivity contribution in [2.24, 2.45) is 0 Å². The SMILES string of the molecule is Cc1[nH]ncc1CN1CCO[C@@](COc2ccc(Cl)cc2)(CC(=O)N2CCOCC2)C1. The molecule has 0 spiro atoms. The number of carbonyl (C=O) groups is 1. The minimum absolute atomic E-state index is 0.0735. The number of H-pyrrole nitrogens is 1. The van der Waals surface area contributed by atoms with E-state index in [9.17, 15) is 4.79 Å². The maximum Gasteiger partial charge on any atom is 0.225 e. The fourth-order valence-corrected chi connectivity index (χ4v) is 4.15. The van der Waals surface area contributed by atoms with Crippen molar-refractivity contribution >= 4 is 17.5 Å². The molecule has 1 amide bonds. The number of hydrogen-bond donors (Lipinski definition) is 1. The topological polar surface area (TPSA) is 79.9 Å². The second-order valence-corrected chi connectivity index (χ2v) is 8.61. The zero-order valence-electron chi connectivity index (χ0n) is 17.8. The Bertz CT molecular complexity index is 869. The number of morpholine rings is 2. The Morgan fingerprint density at radius 3 is 2.71 bits per heavy atom. The maximum absolute atomic E-state index is 13.1. The minimum atomic E-state index is -0.731. The summed E-state index contributed by atoms with van der Waals surface area (Å²) >= 11 is 5.99. The van der Waals surface area contributed by atoms with E-state index in [1.165, 1.54) is 0 Å². The highest BCUT2D eigenvalue weighted by molar-refractivity contribution is 6.30. The number of hydrogen-bond acceptors (Lipinski definition) is 6. The van der Waals surface area contributed by atoms with Gasteiger partial charge in [0, 0.05) is 49.0 Å². The number of ether oxygens (including phenoxy) is 3. The number of amides is 1. The summed E-state index contributed by atoms with van der Waals surface area (Å²) in [6, 6.07) is 7.24. The molecule has 0 saturated carbocycles. The molecule has 2 aliphatic rings. The Balaban J connectivity index is 1.48. The number of nitrogens with one attached hydrogen (secondary N) is 1. The van der Waals surface area contributed by atoms with Gasteiger partial charge in [-0.25, -0.2) is 0 Å². The van der Waals surface area contributed by atoms with E-state index < -0.39 is 5.60 Å². The van der Waals surface area contributed by atoms with Crippen molar-refractivity contribution in [2.75, 3.05) is 52.6 Å². The van der Waals surface area contributed by atoms with Gasteiger partial charge in [-0.15, -0.1) is 0 Å². The molecule has 1 aromatic heterocycles. The molecule has 1 aromatic carbocycles. The van der Waals surface area contributed by atoms with Gasteiger partial charge in [-0.1, -0.05) is 11.6 Å². The third-order valence-corrected chi connectivity index (χ3v) is 6.06. The molecule has 0 unspecified atom stereocenters. The first-order chi connectivity index (χ1) is 15.0.